The fourth-order valence-electron chi connectivity index (χ4n) is 1.67. The maximum Gasteiger partial charge on any atom is 0.171 e. The molecule has 110 valence electrons. The Bertz CT molecular complexity index is 695. The number of halogens is 3. The predicted octanol–water partition coefficient (Wildman–Crippen LogP) is 3.92. The third-order valence-corrected chi connectivity index (χ3v) is 3.95. The first-order valence-electron chi connectivity index (χ1n) is 5.86. The molecule has 0 unspecified atom stereocenters. The summed E-state index contributed by atoms with van der Waals surface area (Å²) in [6.45, 7) is 0.178. The van der Waals surface area contributed by atoms with Crippen LogP contribution in [0.15, 0.2) is 46.0 Å². The van der Waals surface area contributed by atoms with E-state index in [-0.39, 0.29) is 18.3 Å². The summed E-state index contributed by atoms with van der Waals surface area (Å²) in [5, 5.41) is 11.8. The molecule has 0 heterocycles. The van der Waals surface area contributed by atoms with Gasteiger partial charge in [0.2, 0.25) is 0 Å². The zero-order chi connectivity index (χ0) is 15.4. The molecule has 2 rings (SSSR count). The normalized spacial score (nSPS) is 11.5. The number of oxime groups is 1. The fraction of sp³-hybridized carbons (Fsp3) is 0.0714. The third-order valence-electron chi connectivity index (χ3n) is 2.75. The molecule has 0 aromatic heterocycles. The van der Waals surface area contributed by atoms with Crippen LogP contribution in [0.5, 0.6) is 5.75 Å². The van der Waals surface area contributed by atoms with Crippen LogP contribution in [-0.4, -0.2) is 11.0 Å². The summed E-state index contributed by atoms with van der Waals surface area (Å²) in [4.78, 5) is 0. The number of hydrogen-bond donors (Lipinski definition) is 2. The van der Waals surface area contributed by atoms with Crippen LogP contribution in [0.2, 0.25) is 5.02 Å². The van der Waals surface area contributed by atoms with Gasteiger partial charge >= 0.3 is 0 Å². The lowest BCUT2D eigenvalue weighted by Gasteiger charge is -2.10. The lowest BCUT2D eigenvalue weighted by molar-refractivity contribution is 0.304. The second-order valence-corrected chi connectivity index (χ2v) is 5.33. The van der Waals surface area contributed by atoms with Gasteiger partial charge in [0.05, 0.1) is 9.50 Å². The first-order valence-corrected chi connectivity index (χ1v) is 7.03. The first kappa shape index (κ1) is 15.6. The Balaban J connectivity index is 2.14. The maximum atomic E-state index is 13.4. The fourth-order valence-corrected chi connectivity index (χ4v) is 2.31. The Labute approximate surface area is 134 Å². The molecule has 0 fully saturated rings. The Kier molecular flexibility index (Phi) is 5.03. The summed E-state index contributed by atoms with van der Waals surface area (Å²) in [5.74, 6) is 0.0569. The van der Waals surface area contributed by atoms with Gasteiger partial charge in [-0.15, -0.1) is 0 Å². The summed E-state index contributed by atoms with van der Waals surface area (Å²) < 4.78 is 19.3. The maximum absolute atomic E-state index is 13.4. The molecule has 0 saturated carbocycles. The van der Waals surface area contributed by atoms with Crippen molar-refractivity contribution < 1.29 is 14.3 Å². The van der Waals surface area contributed by atoms with Gasteiger partial charge < -0.3 is 15.7 Å². The van der Waals surface area contributed by atoms with Crippen molar-refractivity contribution in [2.75, 3.05) is 0 Å². The van der Waals surface area contributed by atoms with Gasteiger partial charge in [0.25, 0.3) is 0 Å². The van der Waals surface area contributed by atoms with E-state index in [1.165, 1.54) is 6.07 Å². The second kappa shape index (κ2) is 6.78. The molecule has 21 heavy (non-hydrogen) atoms. The van der Waals surface area contributed by atoms with Crippen molar-refractivity contribution in [3.05, 3.63) is 62.8 Å². The highest BCUT2D eigenvalue weighted by molar-refractivity contribution is 9.10. The van der Waals surface area contributed by atoms with Crippen LogP contribution in [-0.2, 0) is 6.61 Å². The Morgan fingerprint density at radius 1 is 1.38 bits per heavy atom. The lowest BCUT2D eigenvalue weighted by atomic mass is 10.2. The zero-order valence-corrected chi connectivity index (χ0v) is 13.0. The highest BCUT2D eigenvalue weighted by Gasteiger charge is 2.09. The molecule has 0 atom stereocenters. The van der Waals surface area contributed by atoms with Crippen LogP contribution in [0.3, 0.4) is 0 Å². The number of rotatable bonds is 4. The molecule has 3 N–H and O–H groups in total. The minimum atomic E-state index is -0.351. The smallest absolute Gasteiger partial charge is 0.171 e. The minimum absolute atomic E-state index is 0.0839. The van der Waals surface area contributed by atoms with Crippen molar-refractivity contribution in [3.63, 3.8) is 0 Å². The molecule has 0 radical (unpaired) electrons. The number of nitrogens with two attached hydrogens (primary N) is 1. The molecule has 2 aromatic carbocycles. The minimum Gasteiger partial charge on any atom is -0.489 e. The van der Waals surface area contributed by atoms with Crippen LogP contribution in [0.25, 0.3) is 0 Å². The lowest BCUT2D eigenvalue weighted by Crippen LogP contribution is -2.13. The molecule has 0 aliphatic rings. The summed E-state index contributed by atoms with van der Waals surface area (Å²) >= 11 is 9.19. The van der Waals surface area contributed by atoms with Crippen molar-refractivity contribution in [2.24, 2.45) is 10.9 Å². The molecule has 4 nitrogen and oxygen atoms in total. The zero-order valence-electron chi connectivity index (χ0n) is 10.7. The Morgan fingerprint density at radius 2 is 2.14 bits per heavy atom. The quantitative estimate of drug-likeness (QED) is 0.369. The average molecular weight is 374 g/mol. The number of amidine groups is 1. The molecule has 0 aliphatic carbocycles. The van der Waals surface area contributed by atoms with Crippen LogP contribution < -0.4 is 10.5 Å². The van der Waals surface area contributed by atoms with Gasteiger partial charge in [-0.1, -0.05) is 28.9 Å². The molecule has 0 spiro atoms. The van der Waals surface area contributed by atoms with Gasteiger partial charge in [-0.3, -0.25) is 0 Å². The number of hydrogen-bond acceptors (Lipinski definition) is 3. The molecule has 2 aromatic rings. The van der Waals surface area contributed by atoms with E-state index in [2.05, 4.69) is 21.1 Å². The van der Waals surface area contributed by atoms with Gasteiger partial charge in [-0.05, 0) is 40.2 Å². The van der Waals surface area contributed by atoms with Gasteiger partial charge in [0, 0.05) is 11.1 Å². The van der Waals surface area contributed by atoms with Crippen LogP contribution in [0.1, 0.15) is 11.1 Å². The molecule has 0 saturated heterocycles. The van der Waals surface area contributed by atoms with Gasteiger partial charge in [-0.25, -0.2) is 4.39 Å². The molecule has 0 amide bonds. The van der Waals surface area contributed by atoms with Crippen LogP contribution >= 0.6 is 27.5 Å². The molecule has 7 heteroatoms. The number of ether oxygens (including phenoxy) is 1. The van der Waals surface area contributed by atoms with E-state index in [1.54, 1.807) is 30.3 Å². The average Bonchev–Trinajstić information content (AvgIpc) is 2.48. The van der Waals surface area contributed by atoms with Crippen molar-refractivity contribution in [3.8, 4) is 5.75 Å². The van der Waals surface area contributed by atoms with Crippen molar-refractivity contribution in [2.45, 2.75) is 6.61 Å². The van der Waals surface area contributed by atoms with E-state index in [1.807, 2.05) is 0 Å². The van der Waals surface area contributed by atoms with E-state index in [0.29, 0.717) is 26.4 Å². The number of benzene rings is 2. The van der Waals surface area contributed by atoms with E-state index in [9.17, 15) is 4.39 Å². The highest BCUT2D eigenvalue weighted by Crippen LogP contribution is 2.25. The summed E-state index contributed by atoms with van der Waals surface area (Å²) in [7, 11) is 0. The van der Waals surface area contributed by atoms with Gasteiger partial charge in [0.15, 0.2) is 5.84 Å². The standard InChI is InChI=1S/C14H11BrClFN2O2/c15-13-8(2-1-3-12(13)17)7-21-9-4-5-10(11(16)6-9)14(18)19-20/h1-6,20H,7H2,(H2,18,19). The largest absolute Gasteiger partial charge is 0.489 e. The second-order valence-electron chi connectivity index (χ2n) is 4.13. The van der Waals surface area contributed by atoms with Crippen LogP contribution in [0, 0.1) is 5.82 Å². The third kappa shape index (κ3) is 3.65. The van der Waals surface area contributed by atoms with Crippen molar-refractivity contribution in [1.82, 2.24) is 0 Å². The number of nitrogens with zero attached hydrogens (tertiary/aromatic N) is 1. The highest BCUT2D eigenvalue weighted by atomic mass is 79.9. The first-order chi connectivity index (χ1) is 10.0. The summed E-state index contributed by atoms with van der Waals surface area (Å²) in [6, 6.07) is 9.46. The Hall–Kier alpha value is -1.79. The molecular formula is C14H11BrClFN2O2. The van der Waals surface area contributed by atoms with E-state index in [4.69, 9.17) is 27.3 Å². The van der Waals surface area contributed by atoms with E-state index >= 15 is 0 Å². The van der Waals surface area contributed by atoms with Crippen molar-refractivity contribution in [1.29, 1.82) is 0 Å². The summed E-state index contributed by atoms with van der Waals surface area (Å²) in [5.41, 5.74) is 6.55. The SMILES string of the molecule is N/C(=N/O)c1ccc(OCc2cccc(F)c2Br)cc1Cl. The topological polar surface area (TPSA) is 67.8 Å². The molecule has 0 aliphatic heterocycles. The monoisotopic (exact) mass is 372 g/mol. The van der Waals surface area contributed by atoms with Gasteiger partial charge in [0.1, 0.15) is 18.2 Å². The van der Waals surface area contributed by atoms with E-state index < -0.39 is 0 Å². The van der Waals surface area contributed by atoms with Crippen molar-refractivity contribution >= 4 is 33.4 Å². The van der Waals surface area contributed by atoms with Crippen LogP contribution in [0.4, 0.5) is 4.39 Å². The molecule has 0 bridgehead atoms. The molecular weight excluding hydrogens is 363 g/mol. The predicted molar refractivity (Wildman–Crippen MR) is 82.4 cm³/mol. The summed E-state index contributed by atoms with van der Waals surface area (Å²) in [6.07, 6.45) is 0. The van der Waals surface area contributed by atoms with Gasteiger partial charge in [-0.2, -0.15) is 0 Å². The Morgan fingerprint density at radius 3 is 2.81 bits per heavy atom. The van der Waals surface area contributed by atoms with E-state index in [0.717, 1.165) is 0 Å².